The van der Waals surface area contributed by atoms with E-state index in [1.54, 1.807) is 24.6 Å². The molecule has 0 unspecified atom stereocenters. The Morgan fingerprint density at radius 3 is 1.57 bits per heavy atom. The lowest BCUT2D eigenvalue weighted by molar-refractivity contribution is -0.134. The van der Waals surface area contributed by atoms with Crippen molar-refractivity contribution in [3.05, 3.63) is 0 Å². The Labute approximate surface area is 178 Å². The number of unbranched alkanes of at least 4 members (excludes halogenated alkanes) is 6. The van der Waals surface area contributed by atoms with Crippen LogP contribution in [0.25, 0.3) is 0 Å². The smallest absolute Gasteiger partial charge is 0.293 e. The summed E-state index contributed by atoms with van der Waals surface area (Å²) < 4.78 is 4.80. The molecular formula is C25H52O2P+. The Balaban J connectivity index is 0.000000668. The van der Waals surface area contributed by atoms with Crippen LogP contribution in [0.2, 0.25) is 0 Å². The summed E-state index contributed by atoms with van der Waals surface area (Å²) in [6.07, 6.45) is 27.1. The molecule has 0 spiro atoms. The Kier molecular flexibility index (Phi) is 20.1. The Hall–Kier alpha value is -0.100. The van der Waals surface area contributed by atoms with Crippen LogP contribution in [0.5, 0.6) is 0 Å². The zero-order valence-corrected chi connectivity index (χ0v) is 20.7. The maximum absolute atomic E-state index is 9.85. The molecule has 3 heteroatoms. The molecule has 0 heterocycles. The highest BCUT2D eigenvalue weighted by atomic mass is 31.2. The molecule has 0 aromatic carbocycles. The van der Waals surface area contributed by atoms with Crippen LogP contribution < -0.4 is 0 Å². The fourth-order valence-corrected chi connectivity index (χ4v) is 9.50. The maximum Gasteiger partial charge on any atom is 0.293 e. The van der Waals surface area contributed by atoms with Crippen LogP contribution in [0, 0.1) is 0 Å². The average molecular weight is 416 g/mol. The van der Waals surface area contributed by atoms with E-state index in [0.717, 1.165) is 12.8 Å². The lowest BCUT2D eigenvalue weighted by atomic mass is 9.98. The standard InChI is InChI=1S/C18H40P.C7H12O2/c1-5-9-13-14-18-19(15-10-6-2,16-11-7-3)17-12-8-4;8-6-9-7-4-2-1-3-5-7/h5-18H2,1-4H3;6-7H,1-5H2/q+1;. The van der Waals surface area contributed by atoms with E-state index in [1.807, 2.05) is 0 Å². The Morgan fingerprint density at radius 1 is 0.679 bits per heavy atom. The van der Waals surface area contributed by atoms with Gasteiger partial charge in [0.05, 0.1) is 24.6 Å². The van der Waals surface area contributed by atoms with Gasteiger partial charge in [0.1, 0.15) is 6.10 Å². The molecule has 0 N–H and O–H groups in total. The summed E-state index contributed by atoms with van der Waals surface area (Å²) in [4.78, 5) is 9.85. The minimum absolute atomic E-state index is 0.233. The normalized spacial score (nSPS) is 15.0. The average Bonchev–Trinajstić information content (AvgIpc) is 2.73. The van der Waals surface area contributed by atoms with Crippen LogP contribution in [0.4, 0.5) is 0 Å². The van der Waals surface area contributed by atoms with Crippen molar-refractivity contribution in [3.8, 4) is 0 Å². The molecule has 1 rings (SSSR count). The second-order valence-electron chi connectivity index (χ2n) is 8.85. The molecule has 0 aromatic heterocycles. The number of hydrogen-bond acceptors (Lipinski definition) is 2. The molecule has 2 nitrogen and oxygen atoms in total. The predicted molar refractivity (Wildman–Crippen MR) is 129 cm³/mol. The third kappa shape index (κ3) is 14.8. The van der Waals surface area contributed by atoms with Crippen molar-refractivity contribution < 1.29 is 9.53 Å². The van der Waals surface area contributed by atoms with Gasteiger partial charge in [0.25, 0.3) is 6.47 Å². The topological polar surface area (TPSA) is 26.3 Å². The SMILES string of the molecule is CCCCCC[P+](CCCC)(CCCC)CCCC.O=COC1CCCCC1. The molecule has 1 fully saturated rings. The molecule has 1 aliphatic carbocycles. The molecular weight excluding hydrogens is 363 g/mol. The Morgan fingerprint density at radius 2 is 1.14 bits per heavy atom. The first-order valence-corrected chi connectivity index (χ1v) is 15.1. The summed E-state index contributed by atoms with van der Waals surface area (Å²) >= 11 is 0. The van der Waals surface area contributed by atoms with E-state index in [0.29, 0.717) is 6.47 Å². The van der Waals surface area contributed by atoms with Crippen LogP contribution >= 0.6 is 7.26 Å². The quantitative estimate of drug-likeness (QED) is 0.143. The van der Waals surface area contributed by atoms with Crippen LogP contribution in [0.1, 0.15) is 124 Å². The van der Waals surface area contributed by atoms with Gasteiger partial charge in [0.2, 0.25) is 0 Å². The second kappa shape index (κ2) is 20.2. The largest absolute Gasteiger partial charge is 0.465 e. The molecule has 1 saturated carbocycles. The third-order valence-corrected chi connectivity index (χ3v) is 11.3. The lowest BCUT2D eigenvalue weighted by Crippen LogP contribution is -2.15. The molecule has 0 radical (unpaired) electrons. The van der Waals surface area contributed by atoms with Crippen LogP contribution in [-0.4, -0.2) is 37.2 Å². The lowest BCUT2D eigenvalue weighted by Gasteiger charge is -2.28. The first-order chi connectivity index (χ1) is 13.7. The van der Waals surface area contributed by atoms with Crippen molar-refractivity contribution >= 4 is 13.7 Å². The van der Waals surface area contributed by atoms with Crippen LogP contribution in [0.3, 0.4) is 0 Å². The van der Waals surface area contributed by atoms with Crippen molar-refractivity contribution in [1.29, 1.82) is 0 Å². The highest BCUT2D eigenvalue weighted by molar-refractivity contribution is 7.75. The van der Waals surface area contributed by atoms with E-state index in [-0.39, 0.29) is 6.10 Å². The molecule has 1 aliphatic rings. The van der Waals surface area contributed by atoms with E-state index in [4.69, 9.17) is 4.74 Å². The Bertz CT molecular complexity index is 305. The highest BCUT2D eigenvalue weighted by Crippen LogP contribution is 2.61. The zero-order chi connectivity index (χ0) is 20.9. The zero-order valence-electron chi connectivity index (χ0n) is 19.9. The first-order valence-electron chi connectivity index (χ1n) is 12.6. The first kappa shape index (κ1) is 27.9. The predicted octanol–water partition coefficient (Wildman–Crippen LogP) is 8.48. The summed E-state index contributed by atoms with van der Waals surface area (Å²) in [5.74, 6) is 0. The molecule has 0 amide bonds. The summed E-state index contributed by atoms with van der Waals surface area (Å²) in [5, 5.41) is 0. The number of ether oxygens (including phenoxy) is 1. The van der Waals surface area contributed by atoms with E-state index in [9.17, 15) is 4.79 Å². The molecule has 28 heavy (non-hydrogen) atoms. The number of carbonyl (C=O) groups excluding carboxylic acids is 1. The molecule has 168 valence electrons. The van der Waals surface area contributed by atoms with Gasteiger partial charge in [-0.25, -0.2) is 0 Å². The molecule has 0 atom stereocenters. The van der Waals surface area contributed by atoms with Gasteiger partial charge in [0, 0.05) is 7.26 Å². The molecule has 0 saturated heterocycles. The highest BCUT2D eigenvalue weighted by Gasteiger charge is 2.34. The number of hydrogen-bond donors (Lipinski definition) is 0. The van der Waals surface area contributed by atoms with Gasteiger partial charge in [0.15, 0.2) is 0 Å². The van der Waals surface area contributed by atoms with Gasteiger partial charge in [-0.2, -0.15) is 0 Å². The second-order valence-corrected chi connectivity index (χ2v) is 13.3. The minimum Gasteiger partial charge on any atom is -0.465 e. The van der Waals surface area contributed by atoms with Crippen molar-refractivity contribution in [2.75, 3.05) is 24.6 Å². The monoisotopic (exact) mass is 415 g/mol. The van der Waals surface area contributed by atoms with Gasteiger partial charge >= 0.3 is 0 Å². The van der Waals surface area contributed by atoms with Gasteiger partial charge < -0.3 is 4.74 Å². The minimum atomic E-state index is -0.586. The number of rotatable bonds is 16. The van der Waals surface area contributed by atoms with Crippen molar-refractivity contribution in [1.82, 2.24) is 0 Å². The van der Waals surface area contributed by atoms with Crippen molar-refractivity contribution in [2.45, 2.75) is 130 Å². The maximum atomic E-state index is 9.85. The third-order valence-electron chi connectivity index (χ3n) is 6.24. The van der Waals surface area contributed by atoms with Gasteiger partial charge in [-0.1, -0.05) is 66.2 Å². The fraction of sp³-hybridized carbons (Fsp3) is 0.960. The summed E-state index contributed by atoms with van der Waals surface area (Å²) in [7, 11) is -0.586. The number of carbonyl (C=O) groups is 1. The van der Waals surface area contributed by atoms with Crippen LogP contribution in [0.15, 0.2) is 0 Å². The van der Waals surface area contributed by atoms with Gasteiger partial charge in [-0.3, -0.25) is 4.79 Å². The summed E-state index contributed by atoms with van der Waals surface area (Å²) in [5.41, 5.74) is 0. The summed E-state index contributed by atoms with van der Waals surface area (Å²) in [6, 6.07) is 0. The fourth-order valence-electron chi connectivity index (χ4n) is 4.31. The van der Waals surface area contributed by atoms with Crippen LogP contribution in [-0.2, 0) is 9.53 Å². The van der Waals surface area contributed by atoms with E-state index < -0.39 is 7.26 Å². The van der Waals surface area contributed by atoms with Crippen molar-refractivity contribution in [2.24, 2.45) is 0 Å². The van der Waals surface area contributed by atoms with Gasteiger partial charge in [-0.05, 0) is 57.8 Å². The van der Waals surface area contributed by atoms with Gasteiger partial charge in [-0.15, -0.1) is 0 Å². The summed E-state index contributed by atoms with van der Waals surface area (Å²) in [6.45, 7) is 9.99. The molecule has 0 aliphatic heterocycles. The van der Waals surface area contributed by atoms with E-state index >= 15 is 0 Å². The molecule has 0 aromatic rings. The van der Waals surface area contributed by atoms with Crippen molar-refractivity contribution in [3.63, 3.8) is 0 Å². The molecule has 0 bridgehead atoms. The van der Waals surface area contributed by atoms with E-state index in [2.05, 4.69) is 27.7 Å². The van der Waals surface area contributed by atoms with E-state index in [1.165, 1.54) is 83.5 Å².